The van der Waals surface area contributed by atoms with Crippen LogP contribution in [0.15, 0.2) is 78.9 Å². The van der Waals surface area contributed by atoms with Crippen LogP contribution in [0.25, 0.3) is 22.2 Å². The van der Waals surface area contributed by atoms with Gasteiger partial charge in [-0.15, -0.1) is 0 Å². The van der Waals surface area contributed by atoms with Gasteiger partial charge in [-0.05, 0) is 48.4 Å². The van der Waals surface area contributed by atoms with E-state index in [9.17, 15) is 18.8 Å². The highest BCUT2D eigenvalue weighted by Gasteiger charge is 2.17. The van der Waals surface area contributed by atoms with Crippen molar-refractivity contribution in [3.05, 3.63) is 101 Å². The Kier molecular flexibility index (Phi) is 7.26. The third kappa shape index (κ3) is 5.95. The average molecular weight is 471 g/mol. The van der Waals surface area contributed by atoms with Crippen LogP contribution >= 0.6 is 0 Å². The number of carbonyl (C=O) groups excluding carboxylic acids is 3. The van der Waals surface area contributed by atoms with Gasteiger partial charge in [-0.1, -0.05) is 42.5 Å². The van der Waals surface area contributed by atoms with E-state index in [-0.39, 0.29) is 23.1 Å². The quantitative estimate of drug-likeness (QED) is 0.297. The number of nitrogens with one attached hydrogen (secondary N) is 1. The lowest BCUT2D eigenvalue weighted by molar-refractivity contribution is -0.118. The highest BCUT2D eigenvalue weighted by atomic mass is 19.1. The summed E-state index contributed by atoms with van der Waals surface area (Å²) in [6, 6.07) is 21.5. The van der Waals surface area contributed by atoms with E-state index in [1.165, 1.54) is 19.1 Å². The first kappa shape index (κ1) is 23.8. The van der Waals surface area contributed by atoms with Crippen LogP contribution in [0, 0.1) is 5.82 Å². The number of pyridine rings is 1. The van der Waals surface area contributed by atoms with Gasteiger partial charge in [0.05, 0.1) is 16.8 Å². The van der Waals surface area contributed by atoms with Crippen molar-refractivity contribution >= 4 is 28.6 Å². The lowest BCUT2D eigenvalue weighted by Gasteiger charge is -2.10. The van der Waals surface area contributed by atoms with Gasteiger partial charge < -0.3 is 10.1 Å². The molecule has 4 rings (SSSR count). The molecule has 1 heterocycles. The van der Waals surface area contributed by atoms with Crippen molar-refractivity contribution < 1.29 is 23.5 Å². The maximum atomic E-state index is 13.3. The SMILES string of the molecule is CC(=O)NCCc1ccc(C(=O)COC(=O)c2cc(-c3ccc(F)cc3)nc3ccccc23)cc1. The van der Waals surface area contributed by atoms with E-state index in [4.69, 9.17) is 4.74 Å². The molecule has 1 N–H and O–H groups in total. The molecular formula is C28H23FN2O4. The summed E-state index contributed by atoms with van der Waals surface area (Å²) in [6.07, 6.45) is 0.647. The Bertz CT molecular complexity index is 1380. The van der Waals surface area contributed by atoms with Gasteiger partial charge in [0.1, 0.15) is 5.82 Å². The van der Waals surface area contributed by atoms with E-state index in [1.54, 1.807) is 48.5 Å². The summed E-state index contributed by atoms with van der Waals surface area (Å²) in [5, 5.41) is 3.32. The second-order valence-corrected chi connectivity index (χ2v) is 8.01. The molecule has 0 unspecified atom stereocenters. The number of ketones is 1. The monoisotopic (exact) mass is 470 g/mol. The Balaban J connectivity index is 1.48. The third-order valence-corrected chi connectivity index (χ3v) is 5.47. The molecular weight excluding hydrogens is 447 g/mol. The molecule has 0 aliphatic carbocycles. The summed E-state index contributed by atoms with van der Waals surface area (Å²) >= 11 is 0. The van der Waals surface area contributed by atoms with E-state index < -0.39 is 12.6 Å². The van der Waals surface area contributed by atoms with Gasteiger partial charge in [0, 0.05) is 30.0 Å². The fourth-order valence-corrected chi connectivity index (χ4v) is 3.65. The average Bonchev–Trinajstić information content (AvgIpc) is 2.87. The number of carbonyl (C=O) groups is 3. The van der Waals surface area contributed by atoms with Crippen molar-refractivity contribution in [2.45, 2.75) is 13.3 Å². The normalized spacial score (nSPS) is 10.7. The molecule has 1 aromatic heterocycles. The van der Waals surface area contributed by atoms with Crippen molar-refractivity contribution in [2.75, 3.05) is 13.2 Å². The molecule has 0 fully saturated rings. The van der Waals surface area contributed by atoms with Gasteiger partial charge in [0.25, 0.3) is 0 Å². The fourth-order valence-electron chi connectivity index (χ4n) is 3.65. The highest BCUT2D eigenvalue weighted by Crippen LogP contribution is 2.25. The molecule has 0 bridgehead atoms. The Hall–Kier alpha value is -4.39. The first-order valence-electron chi connectivity index (χ1n) is 11.1. The zero-order valence-electron chi connectivity index (χ0n) is 19.1. The van der Waals surface area contributed by atoms with Crippen LogP contribution in [-0.4, -0.2) is 35.8 Å². The summed E-state index contributed by atoms with van der Waals surface area (Å²) in [4.78, 5) is 41.1. The van der Waals surface area contributed by atoms with Crippen molar-refractivity contribution in [1.82, 2.24) is 10.3 Å². The molecule has 1 amide bonds. The predicted molar refractivity (Wildman–Crippen MR) is 131 cm³/mol. The number of nitrogens with zero attached hydrogens (tertiary/aromatic N) is 1. The summed E-state index contributed by atoms with van der Waals surface area (Å²) in [5.74, 6) is -1.44. The van der Waals surface area contributed by atoms with Crippen molar-refractivity contribution in [3.8, 4) is 11.3 Å². The van der Waals surface area contributed by atoms with Gasteiger partial charge in [0.2, 0.25) is 5.91 Å². The summed E-state index contributed by atoms with van der Waals surface area (Å²) in [6.45, 7) is 1.56. The second kappa shape index (κ2) is 10.7. The number of hydrogen-bond donors (Lipinski definition) is 1. The minimum atomic E-state index is -0.646. The van der Waals surface area contributed by atoms with Gasteiger partial charge >= 0.3 is 5.97 Å². The van der Waals surface area contributed by atoms with Crippen LogP contribution in [0.4, 0.5) is 4.39 Å². The van der Waals surface area contributed by atoms with E-state index >= 15 is 0 Å². The number of hydrogen-bond acceptors (Lipinski definition) is 5. The van der Waals surface area contributed by atoms with E-state index in [1.807, 2.05) is 18.2 Å². The molecule has 0 atom stereocenters. The number of rotatable bonds is 8. The van der Waals surface area contributed by atoms with Crippen molar-refractivity contribution in [1.29, 1.82) is 0 Å². The standard InChI is InChI=1S/C28H23FN2O4/c1-18(32)30-15-14-19-6-8-21(9-7-19)27(33)17-35-28(34)24-16-26(20-10-12-22(29)13-11-20)31-25-5-3-2-4-23(24)25/h2-13,16H,14-15,17H2,1H3,(H,30,32). The van der Waals surface area contributed by atoms with E-state index in [0.29, 0.717) is 40.7 Å². The Morgan fingerprint density at radius 3 is 2.37 bits per heavy atom. The number of Topliss-reactive ketones (excluding diaryl/α,β-unsaturated/α-hetero) is 1. The maximum absolute atomic E-state index is 13.3. The minimum absolute atomic E-state index is 0.0922. The number of aromatic nitrogens is 1. The molecule has 4 aromatic rings. The first-order chi connectivity index (χ1) is 16.9. The molecule has 0 saturated carbocycles. The minimum Gasteiger partial charge on any atom is -0.454 e. The molecule has 0 spiro atoms. The zero-order valence-corrected chi connectivity index (χ0v) is 19.1. The van der Waals surface area contributed by atoms with Gasteiger partial charge in [-0.2, -0.15) is 0 Å². The third-order valence-electron chi connectivity index (χ3n) is 5.47. The van der Waals surface area contributed by atoms with E-state index in [2.05, 4.69) is 10.3 Å². The van der Waals surface area contributed by atoms with Crippen LogP contribution < -0.4 is 5.32 Å². The Labute approximate surface area is 201 Å². The Morgan fingerprint density at radius 1 is 0.943 bits per heavy atom. The first-order valence-corrected chi connectivity index (χ1v) is 11.1. The predicted octanol–water partition coefficient (Wildman–Crippen LogP) is 4.76. The molecule has 6 nitrogen and oxygen atoms in total. The lowest BCUT2D eigenvalue weighted by Crippen LogP contribution is -2.22. The summed E-state index contributed by atoms with van der Waals surface area (Å²) in [7, 11) is 0. The van der Waals surface area contributed by atoms with Crippen LogP contribution in [0.5, 0.6) is 0 Å². The molecule has 7 heteroatoms. The van der Waals surface area contributed by atoms with Gasteiger partial charge in [-0.25, -0.2) is 14.2 Å². The summed E-state index contributed by atoms with van der Waals surface area (Å²) < 4.78 is 18.7. The number of amides is 1. The van der Waals surface area contributed by atoms with Gasteiger partial charge in [-0.3, -0.25) is 9.59 Å². The molecule has 0 radical (unpaired) electrons. The number of para-hydroxylation sites is 1. The number of halogens is 1. The molecule has 0 aliphatic heterocycles. The molecule has 0 saturated heterocycles. The number of benzene rings is 3. The molecule has 3 aromatic carbocycles. The smallest absolute Gasteiger partial charge is 0.339 e. The zero-order chi connectivity index (χ0) is 24.8. The summed E-state index contributed by atoms with van der Waals surface area (Å²) in [5.41, 5.74) is 3.41. The van der Waals surface area contributed by atoms with Crippen LogP contribution in [-0.2, 0) is 16.0 Å². The van der Waals surface area contributed by atoms with Gasteiger partial charge in [0.15, 0.2) is 12.4 Å². The maximum Gasteiger partial charge on any atom is 0.339 e. The topological polar surface area (TPSA) is 85.4 Å². The van der Waals surface area contributed by atoms with Crippen molar-refractivity contribution in [3.63, 3.8) is 0 Å². The highest BCUT2D eigenvalue weighted by molar-refractivity contribution is 6.06. The molecule has 176 valence electrons. The second-order valence-electron chi connectivity index (χ2n) is 8.01. The molecule has 35 heavy (non-hydrogen) atoms. The molecule has 0 aliphatic rings. The van der Waals surface area contributed by atoms with Crippen LogP contribution in [0.3, 0.4) is 0 Å². The fraction of sp³-hybridized carbons (Fsp3) is 0.143. The van der Waals surface area contributed by atoms with Crippen LogP contribution in [0.1, 0.15) is 33.2 Å². The van der Waals surface area contributed by atoms with Crippen molar-refractivity contribution in [2.24, 2.45) is 0 Å². The number of ether oxygens (including phenoxy) is 1. The largest absolute Gasteiger partial charge is 0.454 e. The lowest BCUT2D eigenvalue weighted by atomic mass is 10.0. The van der Waals surface area contributed by atoms with Crippen LogP contribution in [0.2, 0.25) is 0 Å². The van der Waals surface area contributed by atoms with E-state index in [0.717, 1.165) is 5.56 Å². The Morgan fingerprint density at radius 2 is 1.66 bits per heavy atom. The number of esters is 1. The number of fused-ring (bicyclic) bond motifs is 1.